The van der Waals surface area contributed by atoms with Gasteiger partial charge in [0.1, 0.15) is 5.75 Å². The zero-order chi connectivity index (χ0) is 21.8. The molecule has 0 saturated heterocycles. The summed E-state index contributed by atoms with van der Waals surface area (Å²) in [6.07, 6.45) is -4.38. The van der Waals surface area contributed by atoms with Crippen molar-refractivity contribution in [3.63, 3.8) is 0 Å². The molecule has 0 aliphatic rings. The van der Waals surface area contributed by atoms with E-state index in [2.05, 4.69) is 10.5 Å². The van der Waals surface area contributed by atoms with E-state index in [9.17, 15) is 18.0 Å². The molecule has 0 bridgehead atoms. The van der Waals surface area contributed by atoms with Gasteiger partial charge in [-0.15, -0.1) is 0 Å². The molecule has 9 heteroatoms. The van der Waals surface area contributed by atoms with Gasteiger partial charge in [0.2, 0.25) is 11.8 Å². The van der Waals surface area contributed by atoms with Crippen molar-refractivity contribution >= 4 is 11.8 Å². The van der Waals surface area contributed by atoms with Crippen LogP contribution in [0.4, 0.5) is 19.1 Å². The van der Waals surface area contributed by atoms with Crippen molar-refractivity contribution in [2.24, 2.45) is 0 Å². The second-order valence-electron chi connectivity index (χ2n) is 7.45. The Morgan fingerprint density at radius 2 is 1.86 bits per heavy atom. The van der Waals surface area contributed by atoms with Crippen LogP contribution in [-0.2, 0) is 11.3 Å². The SMILES string of the molecule is Cc1cc(CN(C)CC(=O)Nc2cc(C(C)C)no2)cc(C)c1OCC(F)(F)F. The van der Waals surface area contributed by atoms with Gasteiger partial charge in [0.05, 0.1) is 12.2 Å². The number of alkyl halides is 3. The number of likely N-dealkylation sites (N-methyl/N-ethyl adjacent to an activating group) is 1. The van der Waals surface area contributed by atoms with Gasteiger partial charge in [-0.05, 0) is 43.5 Å². The highest BCUT2D eigenvalue weighted by Crippen LogP contribution is 2.27. The molecule has 1 amide bonds. The van der Waals surface area contributed by atoms with Gasteiger partial charge < -0.3 is 9.26 Å². The highest BCUT2D eigenvalue weighted by molar-refractivity contribution is 5.90. The predicted molar refractivity (Wildman–Crippen MR) is 103 cm³/mol. The lowest BCUT2D eigenvalue weighted by Gasteiger charge is -2.19. The van der Waals surface area contributed by atoms with Crippen LogP contribution in [0.3, 0.4) is 0 Å². The molecule has 0 spiro atoms. The third-order valence-corrected chi connectivity index (χ3v) is 4.15. The minimum absolute atomic E-state index is 0.113. The molecule has 2 aromatic rings. The summed E-state index contributed by atoms with van der Waals surface area (Å²) in [5.74, 6) is 0.474. The zero-order valence-corrected chi connectivity index (χ0v) is 17.2. The second kappa shape index (κ2) is 9.30. The molecule has 160 valence electrons. The molecule has 1 heterocycles. The van der Waals surface area contributed by atoms with Gasteiger partial charge in [-0.2, -0.15) is 13.2 Å². The second-order valence-corrected chi connectivity index (χ2v) is 7.45. The Labute approximate surface area is 168 Å². The van der Waals surface area contributed by atoms with Crippen LogP contribution in [0.15, 0.2) is 22.7 Å². The highest BCUT2D eigenvalue weighted by atomic mass is 19.4. The summed E-state index contributed by atoms with van der Waals surface area (Å²) in [6, 6.07) is 5.21. The normalized spacial score (nSPS) is 11.9. The fourth-order valence-electron chi connectivity index (χ4n) is 2.92. The lowest BCUT2D eigenvalue weighted by Crippen LogP contribution is -2.29. The monoisotopic (exact) mass is 413 g/mol. The largest absolute Gasteiger partial charge is 0.484 e. The van der Waals surface area contributed by atoms with Crippen LogP contribution in [0.2, 0.25) is 0 Å². The molecule has 1 aromatic heterocycles. The maximum Gasteiger partial charge on any atom is 0.422 e. The number of benzene rings is 1. The average molecular weight is 413 g/mol. The van der Waals surface area contributed by atoms with E-state index in [1.165, 1.54) is 0 Å². The molecular weight excluding hydrogens is 387 g/mol. The van der Waals surface area contributed by atoms with Gasteiger partial charge in [-0.25, -0.2) is 0 Å². The predicted octanol–water partition coefficient (Wildman–Crippen LogP) is 4.43. The number of anilines is 1. The Bertz CT molecular complexity index is 824. The molecule has 0 fully saturated rings. The van der Waals surface area contributed by atoms with Crippen LogP contribution in [0.25, 0.3) is 0 Å². The summed E-state index contributed by atoms with van der Waals surface area (Å²) in [5, 5.41) is 6.55. The number of halogens is 3. The first-order valence-electron chi connectivity index (χ1n) is 9.19. The maximum atomic E-state index is 12.4. The molecule has 0 aliphatic carbocycles. The molecule has 29 heavy (non-hydrogen) atoms. The van der Waals surface area contributed by atoms with Gasteiger partial charge in [0.15, 0.2) is 6.61 Å². The molecule has 0 atom stereocenters. The van der Waals surface area contributed by atoms with Crippen LogP contribution < -0.4 is 10.1 Å². The van der Waals surface area contributed by atoms with Crippen LogP contribution >= 0.6 is 0 Å². The van der Waals surface area contributed by atoms with Crippen molar-refractivity contribution in [3.8, 4) is 5.75 Å². The van der Waals surface area contributed by atoms with Crippen LogP contribution in [0.5, 0.6) is 5.75 Å². The van der Waals surface area contributed by atoms with Gasteiger partial charge in [0, 0.05) is 12.6 Å². The maximum absolute atomic E-state index is 12.4. The fourth-order valence-corrected chi connectivity index (χ4v) is 2.92. The van der Waals surface area contributed by atoms with E-state index in [0.29, 0.717) is 23.6 Å². The third-order valence-electron chi connectivity index (χ3n) is 4.15. The highest BCUT2D eigenvalue weighted by Gasteiger charge is 2.29. The lowest BCUT2D eigenvalue weighted by atomic mass is 10.1. The van der Waals surface area contributed by atoms with Crippen molar-refractivity contribution in [3.05, 3.63) is 40.6 Å². The Kier molecular flexibility index (Phi) is 7.29. The Balaban J connectivity index is 1.93. The summed E-state index contributed by atoms with van der Waals surface area (Å²) in [7, 11) is 1.78. The fraction of sp³-hybridized carbons (Fsp3) is 0.500. The van der Waals surface area contributed by atoms with Crippen molar-refractivity contribution < 1.29 is 27.2 Å². The number of carbonyl (C=O) groups is 1. The van der Waals surface area contributed by atoms with Gasteiger partial charge in [-0.1, -0.05) is 31.1 Å². The van der Waals surface area contributed by atoms with Gasteiger partial charge in [0.25, 0.3) is 0 Å². The lowest BCUT2D eigenvalue weighted by molar-refractivity contribution is -0.153. The van der Waals surface area contributed by atoms with E-state index >= 15 is 0 Å². The number of aromatic nitrogens is 1. The number of rotatable bonds is 8. The number of aryl methyl sites for hydroxylation is 2. The Morgan fingerprint density at radius 3 is 2.38 bits per heavy atom. The van der Waals surface area contributed by atoms with Crippen molar-refractivity contribution in [2.75, 3.05) is 25.5 Å². The smallest absolute Gasteiger partial charge is 0.422 e. The number of hydrogen-bond acceptors (Lipinski definition) is 5. The summed E-state index contributed by atoms with van der Waals surface area (Å²) >= 11 is 0. The summed E-state index contributed by atoms with van der Waals surface area (Å²) in [4.78, 5) is 14.0. The first-order valence-corrected chi connectivity index (χ1v) is 9.19. The van der Waals surface area contributed by atoms with Gasteiger partial charge >= 0.3 is 6.18 Å². The number of nitrogens with one attached hydrogen (secondary N) is 1. The van der Waals surface area contributed by atoms with Crippen molar-refractivity contribution in [1.82, 2.24) is 10.1 Å². The van der Waals surface area contributed by atoms with E-state index in [0.717, 1.165) is 11.3 Å². The molecular formula is C20H26F3N3O3. The molecule has 6 nitrogen and oxygen atoms in total. The molecule has 2 rings (SSSR count). The van der Waals surface area contributed by atoms with E-state index in [-0.39, 0.29) is 24.1 Å². The summed E-state index contributed by atoms with van der Waals surface area (Å²) < 4.78 is 47.2. The molecule has 0 radical (unpaired) electrons. The standard InChI is InChI=1S/C20H26F3N3O3/c1-12(2)16-8-18(29-25-16)24-17(27)10-26(5)9-15-6-13(3)19(14(4)7-15)28-11-20(21,22)23/h6-8,12H,9-11H2,1-5H3,(H,24,27). The van der Waals surface area contributed by atoms with Gasteiger partial charge in [-0.3, -0.25) is 15.0 Å². The van der Waals surface area contributed by atoms with Crippen LogP contribution in [0.1, 0.15) is 42.1 Å². The Hall–Kier alpha value is -2.55. The van der Waals surface area contributed by atoms with E-state index in [1.807, 2.05) is 13.8 Å². The molecule has 0 unspecified atom stereocenters. The topological polar surface area (TPSA) is 67.6 Å². The molecule has 0 aliphatic heterocycles. The minimum atomic E-state index is -4.38. The zero-order valence-electron chi connectivity index (χ0n) is 17.2. The molecule has 1 N–H and O–H groups in total. The first-order chi connectivity index (χ1) is 13.4. The van der Waals surface area contributed by atoms with E-state index in [1.54, 1.807) is 44.0 Å². The molecule has 0 saturated carbocycles. The Morgan fingerprint density at radius 1 is 1.24 bits per heavy atom. The number of ether oxygens (including phenoxy) is 1. The minimum Gasteiger partial charge on any atom is -0.484 e. The molecule has 1 aromatic carbocycles. The number of nitrogens with zero attached hydrogens (tertiary/aromatic N) is 2. The van der Waals surface area contributed by atoms with Crippen molar-refractivity contribution in [1.29, 1.82) is 0 Å². The van der Waals surface area contributed by atoms with Crippen LogP contribution in [0, 0.1) is 13.8 Å². The average Bonchev–Trinajstić information content (AvgIpc) is 3.01. The number of hydrogen-bond donors (Lipinski definition) is 1. The third kappa shape index (κ3) is 7.08. The first kappa shape index (κ1) is 22.7. The summed E-state index contributed by atoms with van der Waals surface area (Å²) in [6.45, 7) is 6.58. The van der Waals surface area contributed by atoms with Crippen molar-refractivity contribution in [2.45, 2.75) is 46.3 Å². The van der Waals surface area contributed by atoms with Crippen LogP contribution in [-0.4, -0.2) is 42.3 Å². The summed E-state index contributed by atoms with van der Waals surface area (Å²) in [5.41, 5.74) is 2.86. The van der Waals surface area contributed by atoms with E-state index < -0.39 is 12.8 Å². The number of carbonyl (C=O) groups excluding carboxylic acids is 1. The number of amides is 1. The quantitative estimate of drug-likeness (QED) is 0.694. The van der Waals surface area contributed by atoms with E-state index in [4.69, 9.17) is 9.26 Å².